The quantitative estimate of drug-likeness (QED) is 0.824. The lowest BCUT2D eigenvalue weighted by Gasteiger charge is -2.28. The Labute approximate surface area is 118 Å². The topological polar surface area (TPSA) is 86.0 Å². The third-order valence-electron chi connectivity index (χ3n) is 4.04. The summed E-state index contributed by atoms with van der Waals surface area (Å²) >= 11 is 0. The molecule has 1 heterocycles. The van der Waals surface area contributed by atoms with E-state index >= 15 is 0 Å². The molecule has 0 bridgehead atoms. The number of hydrogen-bond donors (Lipinski definition) is 2. The van der Waals surface area contributed by atoms with Gasteiger partial charge >= 0.3 is 5.97 Å². The van der Waals surface area contributed by atoms with Crippen LogP contribution in [0.15, 0.2) is 18.3 Å². The molecule has 5 heteroatoms. The number of carboxylic acids is 1. The highest BCUT2D eigenvalue weighted by Crippen LogP contribution is 2.35. The normalized spacial score (nSPS) is 17.8. The van der Waals surface area contributed by atoms with Gasteiger partial charge in [-0.05, 0) is 25.0 Å². The van der Waals surface area contributed by atoms with Gasteiger partial charge in [-0.15, -0.1) is 0 Å². The summed E-state index contributed by atoms with van der Waals surface area (Å²) in [5.41, 5.74) is -0.289. The average molecular weight is 273 g/mol. The molecule has 0 atom stereocenters. The van der Waals surface area contributed by atoms with Gasteiger partial charge in [0.05, 0.1) is 11.0 Å². The second kappa shape index (κ2) is 6.38. The van der Waals surface area contributed by atoms with Gasteiger partial charge in [0.25, 0.3) is 0 Å². The van der Waals surface area contributed by atoms with Crippen molar-refractivity contribution >= 4 is 11.8 Å². The molecule has 0 saturated heterocycles. The van der Waals surface area contributed by atoms with Crippen molar-refractivity contribution in [3.8, 4) is 6.07 Å². The van der Waals surface area contributed by atoms with Gasteiger partial charge in [0.1, 0.15) is 11.9 Å². The molecule has 2 rings (SSSR count). The maximum absolute atomic E-state index is 11.7. The first kappa shape index (κ1) is 14.3. The zero-order chi connectivity index (χ0) is 14.4. The van der Waals surface area contributed by atoms with Gasteiger partial charge in [-0.25, -0.2) is 4.98 Å². The minimum Gasteiger partial charge on any atom is -0.481 e. The molecule has 0 amide bonds. The number of carboxylic acid groups (broad SMARTS) is 1. The highest BCUT2D eigenvalue weighted by atomic mass is 16.4. The molecule has 1 aliphatic rings. The molecule has 1 fully saturated rings. The van der Waals surface area contributed by atoms with E-state index in [0.29, 0.717) is 30.8 Å². The molecule has 1 saturated carbocycles. The van der Waals surface area contributed by atoms with Crippen molar-refractivity contribution in [1.29, 1.82) is 5.26 Å². The van der Waals surface area contributed by atoms with Crippen LogP contribution >= 0.6 is 0 Å². The minimum atomic E-state index is -0.749. The smallest absolute Gasteiger partial charge is 0.311 e. The Kier molecular flexibility index (Phi) is 4.57. The lowest BCUT2D eigenvalue weighted by atomic mass is 9.80. The molecule has 1 aliphatic carbocycles. The maximum Gasteiger partial charge on any atom is 0.311 e. The first-order valence-corrected chi connectivity index (χ1v) is 7.00. The summed E-state index contributed by atoms with van der Waals surface area (Å²) in [7, 11) is 0. The maximum atomic E-state index is 11.7. The third-order valence-corrected chi connectivity index (χ3v) is 4.04. The van der Waals surface area contributed by atoms with Crippen molar-refractivity contribution in [3.63, 3.8) is 0 Å². The van der Waals surface area contributed by atoms with Crippen LogP contribution in [0.4, 0.5) is 5.82 Å². The fourth-order valence-electron chi connectivity index (χ4n) is 2.76. The van der Waals surface area contributed by atoms with Crippen LogP contribution in [0.3, 0.4) is 0 Å². The average Bonchev–Trinajstić information content (AvgIpc) is 2.72. The Morgan fingerprint density at radius 3 is 2.70 bits per heavy atom. The zero-order valence-electron chi connectivity index (χ0n) is 11.4. The number of nitrogens with zero attached hydrogens (tertiary/aromatic N) is 2. The van der Waals surface area contributed by atoms with Crippen molar-refractivity contribution in [3.05, 3.63) is 23.9 Å². The summed E-state index contributed by atoms with van der Waals surface area (Å²) < 4.78 is 0. The van der Waals surface area contributed by atoms with Crippen molar-refractivity contribution < 1.29 is 9.90 Å². The number of nitriles is 1. The summed E-state index contributed by atoms with van der Waals surface area (Å²) in [6, 6.07) is 5.44. The van der Waals surface area contributed by atoms with Gasteiger partial charge in [0, 0.05) is 12.7 Å². The standard InChI is InChI=1S/C15H19N3O2/c16-10-12-6-5-9-17-13(12)18-11-15(14(19)20)7-3-1-2-4-8-15/h5-6,9H,1-4,7-8,11H2,(H,17,18)(H,19,20). The van der Waals surface area contributed by atoms with E-state index in [0.717, 1.165) is 25.7 Å². The molecule has 0 spiro atoms. The lowest BCUT2D eigenvalue weighted by molar-refractivity contribution is -0.149. The Morgan fingerprint density at radius 1 is 1.40 bits per heavy atom. The van der Waals surface area contributed by atoms with Crippen LogP contribution in [0, 0.1) is 16.7 Å². The molecule has 20 heavy (non-hydrogen) atoms. The second-order valence-corrected chi connectivity index (χ2v) is 5.36. The number of anilines is 1. The summed E-state index contributed by atoms with van der Waals surface area (Å²) in [6.45, 7) is 0.327. The predicted octanol–water partition coefficient (Wildman–Crippen LogP) is 2.79. The van der Waals surface area contributed by atoms with E-state index in [2.05, 4.69) is 16.4 Å². The highest BCUT2D eigenvalue weighted by Gasteiger charge is 2.38. The van der Waals surface area contributed by atoms with E-state index in [1.807, 2.05) is 0 Å². The zero-order valence-corrected chi connectivity index (χ0v) is 11.4. The molecular formula is C15H19N3O2. The van der Waals surface area contributed by atoms with E-state index in [4.69, 9.17) is 5.26 Å². The summed E-state index contributed by atoms with van der Waals surface area (Å²) in [6.07, 6.45) is 7.06. The molecule has 5 nitrogen and oxygen atoms in total. The molecule has 0 aromatic carbocycles. The number of hydrogen-bond acceptors (Lipinski definition) is 4. The Balaban J connectivity index is 2.13. The van der Waals surface area contributed by atoms with E-state index in [1.54, 1.807) is 18.3 Å². The summed E-state index contributed by atoms with van der Waals surface area (Å²) in [5.74, 6) is -0.277. The number of carbonyl (C=O) groups is 1. The van der Waals surface area contributed by atoms with Gasteiger partial charge < -0.3 is 10.4 Å². The van der Waals surface area contributed by atoms with E-state index in [-0.39, 0.29) is 0 Å². The van der Waals surface area contributed by atoms with Crippen LogP contribution < -0.4 is 5.32 Å². The summed E-state index contributed by atoms with van der Waals surface area (Å²) in [5, 5.41) is 21.7. The molecule has 0 unspecified atom stereocenters. The molecule has 106 valence electrons. The lowest BCUT2D eigenvalue weighted by Crippen LogP contribution is -2.37. The predicted molar refractivity (Wildman–Crippen MR) is 75.2 cm³/mol. The van der Waals surface area contributed by atoms with Crippen LogP contribution in [-0.4, -0.2) is 22.6 Å². The number of aliphatic carboxylic acids is 1. The number of aromatic nitrogens is 1. The van der Waals surface area contributed by atoms with Crippen molar-refractivity contribution in [1.82, 2.24) is 4.98 Å². The molecule has 2 N–H and O–H groups in total. The van der Waals surface area contributed by atoms with Gasteiger partial charge in [-0.3, -0.25) is 4.79 Å². The number of nitrogens with one attached hydrogen (secondary N) is 1. The van der Waals surface area contributed by atoms with E-state index < -0.39 is 11.4 Å². The van der Waals surface area contributed by atoms with E-state index in [1.165, 1.54) is 0 Å². The van der Waals surface area contributed by atoms with Crippen LogP contribution in [-0.2, 0) is 4.79 Å². The van der Waals surface area contributed by atoms with Crippen molar-refractivity contribution in [2.24, 2.45) is 5.41 Å². The van der Waals surface area contributed by atoms with Crippen molar-refractivity contribution in [2.75, 3.05) is 11.9 Å². The molecule has 1 aromatic rings. The van der Waals surface area contributed by atoms with Crippen LogP contribution in [0.2, 0.25) is 0 Å². The largest absolute Gasteiger partial charge is 0.481 e. The molecule has 1 aromatic heterocycles. The van der Waals surface area contributed by atoms with Gasteiger partial charge in [0.2, 0.25) is 0 Å². The Bertz CT molecular complexity index is 514. The van der Waals surface area contributed by atoms with Crippen molar-refractivity contribution in [2.45, 2.75) is 38.5 Å². The fraction of sp³-hybridized carbons (Fsp3) is 0.533. The Hall–Kier alpha value is -2.09. The first-order chi connectivity index (χ1) is 9.68. The number of pyridine rings is 1. The van der Waals surface area contributed by atoms with Gasteiger partial charge in [-0.1, -0.05) is 25.7 Å². The number of rotatable bonds is 4. The molecule has 0 aliphatic heterocycles. The first-order valence-electron chi connectivity index (χ1n) is 7.00. The Morgan fingerprint density at radius 2 is 2.10 bits per heavy atom. The minimum absolute atomic E-state index is 0.327. The third kappa shape index (κ3) is 3.08. The second-order valence-electron chi connectivity index (χ2n) is 5.36. The van der Waals surface area contributed by atoms with Crippen LogP contribution in [0.25, 0.3) is 0 Å². The van der Waals surface area contributed by atoms with E-state index in [9.17, 15) is 9.90 Å². The van der Waals surface area contributed by atoms with Crippen LogP contribution in [0.1, 0.15) is 44.1 Å². The van der Waals surface area contributed by atoms with Gasteiger partial charge in [0.15, 0.2) is 0 Å². The molecular weight excluding hydrogens is 254 g/mol. The summed E-state index contributed by atoms with van der Waals surface area (Å²) in [4.78, 5) is 15.8. The monoisotopic (exact) mass is 273 g/mol. The van der Waals surface area contributed by atoms with Crippen LogP contribution in [0.5, 0.6) is 0 Å². The SMILES string of the molecule is N#Cc1cccnc1NCC1(C(=O)O)CCCCCC1. The highest BCUT2D eigenvalue weighted by molar-refractivity contribution is 5.75. The molecule has 0 radical (unpaired) electrons. The fourth-order valence-corrected chi connectivity index (χ4v) is 2.76. The van der Waals surface area contributed by atoms with Gasteiger partial charge in [-0.2, -0.15) is 5.26 Å².